The molecule has 0 N–H and O–H groups in total. The molecule has 5 heteroatoms. The first kappa shape index (κ1) is 10.6. The van der Waals surface area contributed by atoms with Crippen LogP contribution in [0, 0.1) is 0 Å². The highest BCUT2D eigenvalue weighted by Crippen LogP contribution is 2.06. The van der Waals surface area contributed by atoms with Crippen molar-refractivity contribution in [1.29, 1.82) is 0 Å². The third-order valence-corrected chi connectivity index (χ3v) is 1.59. The molecule has 0 bridgehead atoms. The van der Waals surface area contributed by atoms with Crippen LogP contribution in [0.1, 0.15) is 30.3 Å². The van der Waals surface area contributed by atoms with Crippen molar-refractivity contribution in [2.24, 2.45) is 0 Å². The van der Waals surface area contributed by atoms with Crippen LogP contribution in [0.3, 0.4) is 0 Å². The number of ether oxygens (including phenoxy) is 1. The molecule has 0 amide bonds. The van der Waals surface area contributed by atoms with E-state index in [2.05, 4.69) is 14.7 Å². The second-order valence-corrected chi connectivity index (χ2v) is 2.67. The van der Waals surface area contributed by atoms with Crippen LogP contribution in [0.25, 0.3) is 0 Å². The van der Waals surface area contributed by atoms with Crippen molar-refractivity contribution in [1.82, 2.24) is 9.97 Å². The lowest BCUT2D eigenvalue weighted by Gasteiger charge is -2.00. The molecule has 0 fully saturated rings. The summed E-state index contributed by atoms with van der Waals surface area (Å²) < 4.78 is 16.2. The van der Waals surface area contributed by atoms with Crippen LogP contribution >= 0.6 is 0 Å². The molecule has 1 aromatic rings. The third-order valence-electron chi connectivity index (χ3n) is 1.59. The number of aromatic nitrogens is 2. The normalized spacial score (nSPS) is 9.86. The van der Waals surface area contributed by atoms with Crippen LogP contribution in [0.4, 0.5) is 4.39 Å². The maximum absolute atomic E-state index is 11.7. The van der Waals surface area contributed by atoms with E-state index in [1.54, 1.807) is 0 Å². The Kier molecular flexibility index (Phi) is 3.97. The van der Waals surface area contributed by atoms with Crippen LogP contribution in [0.2, 0.25) is 0 Å². The Morgan fingerprint density at radius 3 is 2.79 bits per heavy atom. The van der Waals surface area contributed by atoms with E-state index < -0.39 is 6.86 Å². The number of hydrogen-bond donors (Lipinski definition) is 0. The summed E-state index contributed by atoms with van der Waals surface area (Å²) in [5.41, 5.74) is 0.290. The van der Waals surface area contributed by atoms with Gasteiger partial charge in [0.05, 0.1) is 12.4 Å². The van der Waals surface area contributed by atoms with Gasteiger partial charge in [-0.25, -0.2) is 14.4 Å². The molecule has 0 aliphatic carbocycles. The van der Waals surface area contributed by atoms with Crippen LogP contribution in [0.15, 0.2) is 12.4 Å². The quantitative estimate of drug-likeness (QED) is 0.676. The molecule has 1 aromatic heterocycles. The molecule has 0 aromatic carbocycles. The fourth-order valence-corrected chi connectivity index (χ4v) is 0.946. The van der Waals surface area contributed by atoms with Gasteiger partial charge in [0.2, 0.25) is 12.7 Å². The number of Topliss-reactive ketones (excluding diaryl/α,β-unsaturated/α-hetero) is 1. The summed E-state index contributed by atoms with van der Waals surface area (Å²) in [6, 6.07) is 0. The summed E-state index contributed by atoms with van der Waals surface area (Å²) in [5, 5.41) is 0. The lowest BCUT2D eigenvalue weighted by molar-refractivity contribution is 0.0976. The summed E-state index contributed by atoms with van der Waals surface area (Å²) in [7, 11) is 0. The maximum atomic E-state index is 11.7. The van der Waals surface area contributed by atoms with Crippen molar-refractivity contribution in [2.45, 2.75) is 19.8 Å². The summed E-state index contributed by atoms with van der Waals surface area (Å²) in [5.74, 6) is 0.0207. The van der Waals surface area contributed by atoms with Gasteiger partial charge < -0.3 is 4.74 Å². The predicted octanol–water partition coefficient (Wildman–Crippen LogP) is 1.77. The number of halogens is 1. The van der Waals surface area contributed by atoms with Crippen LogP contribution in [-0.4, -0.2) is 22.6 Å². The maximum Gasteiger partial charge on any atom is 0.234 e. The Labute approximate surface area is 81.1 Å². The monoisotopic (exact) mass is 198 g/mol. The van der Waals surface area contributed by atoms with E-state index in [1.807, 2.05) is 6.92 Å². The highest BCUT2D eigenvalue weighted by atomic mass is 19.1. The van der Waals surface area contributed by atoms with Crippen molar-refractivity contribution in [3.8, 4) is 5.88 Å². The zero-order valence-electron chi connectivity index (χ0n) is 7.86. The van der Waals surface area contributed by atoms with Gasteiger partial charge in [-0.1, -0.05) is 6.92 Å². The molecule has 0 aliphatic heterocycles. The zero-order valence-corrected chi connectivity index (χ0v) is 7.86. The average molecular weight is 198 g/mol. The number of ketones is 1. The van der Waals surface area contributed by atoms with Crippen molar-refractivity contribution in [3.05, 3.63) is 18.1 Å². The Balaban J connectivity index is 2.67. The van der Waals surface area contributed by atoms with Crippen LogP contribution < -0.4 is 4.74 Å². The molecular formula is C9H11FN2O2. The van der Waals surface area contributed by atoms with Gasteiger partial charge in [-0.05, 0) is 6.42 Å². The number of rotatable bonds is 5. The topological polar surface area (TPSA) is 52.1 Å². The molecule has 14 heavy (non-hydrogen) atoms. The molecule has 0 spiro atoms. The van der Waals surface area contributed by atoms with Gasteiger partial charge in [0.1, 0.15) is 5.69 Å². The number of hydrogen-bond acceptors (Lipinski definition) is 4. The van der Waals surface area contributed by atoms with Crippen molar-refractivity contribution < 1.29 is 13.9 Å². The summed E-state index contributed by atoms with van der Waals surface area (Å²) in [6.07, 6.45) is 3.74. The van der Waals surface area contributed by atoms with E-state index in [0.717, 1.165) is 6.42 Å². The predicted molar refractivity (Wildman–Crippen MR) is 47.9 cm³/mol. The molecule has 0 saturated heterocycles. The van der Waals surface area contributed by atoms with E-state index in [-0.39, 0.29) is 17.4 Å². The summed E-state index contributed by atoms with van der Waals surface area (Å²) in [4.78, 5) is 18.8. The molecule has 0 unspecified atom stereocenters. The van der Waals surface area contributed by atoms with Gasteiger partial charge in [0.25, 0.3) is 0 Å². The summed E-state index contributed by atoms with van der Waals surface area (Å²) in [6.45, 7) is 0.961. The second-order valence-electron chi connectivity index (χ2n) is 2.67. The minimum Gasteiger partial charge on any atom is -0.445 e. The largest absolute Gasteiger partial charge is 0.445 e. The molecule has 76 valence electrons. The fourth-order valence-electron chi connectivity index (χ4n) is 0.946. The van der Waals surface area contributed by atoms with Crippen molar-refractivity contribution >= 4 is 5.78 Å². The van der Waals surface area contributed by atoms with Crippen LogP contribution in [0.5, 0.6) is 5.88 Å². The average Bonchev–Trinajstić information content (AvgIpc) is 2.20. The minimum absolute atomic E-state index is 0.0631. The number of carbonyl (C=O) groups excluding carboxylic acids is 1. The Bertz CT molecular complexity index is 300. The standard InChI is InChI=1S/C9H11FN2O2/c1-2-3-8(13)7-4-12-9(5-11-7)14-6-10/h4-5H,2-3,6H2,1H3. The number of alkyl halides is 1. The third kappa shape index (κ3) is 2.76. The zero-order chi connectivity index (χ0) is 10.4. The highest BCUT2D eigenvalue weighted by molar-refractivity contribution is 5.93. The van der Waals surface area contributed by atoms with E-state index >= 15 is 0 Å². The molecular weight excluding hydrogens is 187 g/mol. The van der Waals surface area contributed by atoms with Crippen LogP contribution in [-0.2, 0) is 0 Å². The minimum atomic E-state index is -0.947. The highest BCUT2D eigenvalue weighted by Gasteiger charge is 2.06. The van der Waals surface area contributed by atoms with Crippen molar-refractivity contribution in [3.63, 3.8) is 0 Å². The van der Waals surface area contributed by atoms with E-state index in [0.29, 0.717) is 6.42 Å². The van der Waals surface area contributed by atoms with Gasteiger partial charge in [-0.15, -0.1) is 0 Å². The molecule has 0 saturated carbocycles. The van der Waals surface area contributed by atoms with Gasteiger partial charge in [-0.2, -0.15) is 0 Å². The Morgan fingerprint density at radius 2 is 2.29 bits per heavy atom. The first-order valence-electron chi connectivity index (χ1n) is 4.32. The van der Waals surface area contributed by atoms with Gasteiger partial charge in [-0.3, -0.25) is 4.79 Å². The Morgan fingerprint density at radius 1 is 1.50 bits per heavy atom. The van der Waals surface area contributed by atoms with Gasteiger partial charge in [0, 0.05) is 6.42 Å². The smallest absolute Gasteiger partial charge is 0.234 e. The van der Waals surface area contributed by atoms with Gasteiger partial charge in [0.15, 0.2) is 5.78 Å². The summed E-state index contributed by atoms with van der Waals surface area (Å²) >= 11 is 0. The molecule has 4 nitrogen and oxygen atoms in total. The molecule has 0 aliphatic rings. The molecule has 0 atom stereocenters. The number of nitrogens with zero attached hydrogens (tertiary/aromatic N) is 2. The fraction of sp³-hybridized carbons (Fsp3) is 0.444. The molecule has 1 heterocycles. The molecule has 1 rings (SSSR count). The molecule has 0 radical (unpaired) electrons. The van der Waals surface area contributed by atoms with E-state index in [9.17, 15) is 9.18 Å². The first-order valence-corrected chi connectivity index (χ1v) is 4.32. The lowest BCUT2D eigenvalue weighted by atomic mass is 10.2. The Hall–Kier alpha value is -1.52. The first-order chi connectivity index (χ1) is 6.77. The SMILES string of the molecule is CCCC(=O)c1cnc(OCF)cn1. The number of carbonyl (C=O) groups is 1. The van der Waals surface area contributed by atoms with E-state index in [1.165, 1.54) is 12.4 Å². The lowest BCUT2D eigenvalue weighted by Crippen LogP contribution is -2.03. The van der Waals surface area contributed by atoms with Gasteiger partial charge >= 0.3 is 0 Å². The van der Waals surface area contributed by atoms with Crippen molar-refractivity contribution in [2.75, 3.05) is 6.86 Å². The van der Waals surface area contributed by atoms with E-state index in [4.69, 9.17) is 0 Å². The second kappa shape index (κ2) is 5.26.